The Morgan fingerprint density at radius 3 is 2.38 bits per heavy atom. The molecule has 0 aliphatic heterocycles. The molecule has 0 heterocycles. The molecule has 0 saturated heterocycles. The molecule has 0 rings (SSSR count). The van der Waals surface area contributed by atoms with E-state index in [-0.39, 0.29) is 0 Å². The minimum Gasteiger partial charge on any atom is -0.361 e. The standard InChI is InChI=1S/CH4N2O4S/c2-3-7-1-8(4,5)6/h2H,1H2,(H,4,5,6). The van der Waals surface area contributed by atoms with Gasteiger partial charge in [-0.1, -0.05) is 0 Å². The van der Waals surface area contributed by atoms with Crippen LogP contribution in [0.15, 0.2) is 5.28 Å². The average molecular weight is 140 g/mol. The van der Waals surface area contributed by atoms with E-state index in [1.165, 1.54) is 0 Å². The summed E-state index contributed by atoms with van der Waals surface area (Å²) in [4.78, 5) is 3.65. The van der Waals surface area contributed by atoms with Gasteiger partial charge in [-0.2, -0.15) is 13.9 Å². The molecule has 0 aromatic carbocycles. The lowest BCUT2D eigenvalue weighted by Gasteiger charge is -1.89. The second-order valence-corrected chi connectivity index (χ2v) is 2.32. The van der Waals surface area contributed by atoms with Crippen LogP contribution in [0.5, 0.6) is 0 Å². The summed E-state index contributed by atoms with van der Waals surface area (Å²) in [6, 6.07) is 0. The summed E-state index contributed by atoms with van der Waals surface area (Å²) in [7, 11) is -4.12. The van der Waals surface area contributed by atoms with Crippen LogP contribution in [0, 0.1) is 5.53 Å². The van der Waals surface area contributed by atoms with Crippen LogP contribution in [0.4, 0.5) is 0 Å². The third-order valence-electron chi connectivity index (χ3n) is 0.266. The van der Waals surface area contributed by atoms with Gasteiger partial charge in [0.2, 0.25) is 5.94 Å². The van der Waals surface area contributed by atoms with Crippen LogP contribution in [0.1, 0.15) is 0 Å². The van der Waals surface area contributed by atoms with E-state index in [9.17, 15) is 8.42 Å². The van der Waals surface area contributed by atoms with Crippen LogP contribution in [-0.4, -0.2) is 18.9 Å². The smallest absolute Gasteiger partial charge is 0.303 e. The van der Waals surface area contributed by atoms with Crippen LogP contribution in [0.2, 0.25) is 0 Å². The minimum absolute atomic E-state index is 0.962. The number of nitrogens with zero attached hydrogens (tertiary/aromatic N) is 1. The zero-order valence-corrected chi connectivity index (χ0v) is 4.55. The summed E-state index contributed by atoms with van der Waals surface area (Å²) < 4.78 is 27.2. The van der Waals surface area contributed by atoms with E-state index in [1.807, 2.05) is 0 Å². The van der Waals surface area contributed by atoms with Crippen molar-refractivity contribution < 1.29 is 17.8 Å². The Bertz CT molecular complexity index is 159. The summed E-state index contributed by atoms with van der Waals surface area (Å²) in [5.41, 5.74) is 5.91. The fraction of sp³-hybridized carbons (Fsp3) is 1.00. The average Bonchev–Trinajstić information content (AvgIpc) is 1.59. The first-order valence-corrected chi connectivity index (χ1v) is 3.11. The lowest BCUT2D eigenvalue weighted by atomic mass is 11.7. The maximum Gasteiger partial charge on any atom is 0.303 e. The van der Waals surface area contributed by atoms with E-state index in [2.05, 4.69) is 10.1 Å². The maximum atomic E-state index is 9.68. The monoisotopic (exact) mass is 140 g/mol. The van der Waals surface area contributed by atoms with E-state index in [1.54, 1.807) is 0 Å². The lowest BCUT2D eigenvalue weighted by Crippen LogP contribution is -2.03. The van der Waals surface area contributed by atoms with Crippen molar-refractivity contribution in [1.29, 1.82) is 5.53 Å². The van der Waals surface area contributed by atoms with Gasteiger partial charge in [0.05, 0.1) is 0 Å². The second-order valence-electron chi connectivity index (χ2n) is 0.920. The van der Waals surface area contributed by atoms with Gasteiger partial charge in [-0.15, -0.1) is 0 Å². The number of hydrogen-bond acceptors (Lipinski definition) is 5. The van der Waals surface area contributed by atoms with E-state index < -0.39 is 16.1 Å². The number of rotatable bonds is 3. The van der Waals surface area contributed by atoms with Gasteiger partial charge in [0.15, 0.2) is 0 Å². The fourth-order valence-corrected chi connectivity index (χ4v) is 0.279. The molecule has 0 radical (unpaired) electrons. The molecule has 48 valence electrons. The molecule has 8 heavy (non-hydrogen) atoms. The summed E-state index contributed by atoms with van der Waals surface area (Å²) >= 11 is 0. The molecule has 6 nitrogen and oxygen atoms in total. The van der Waals surface area contributed by atoms with Gasteiger partial charge in [-0.3, -0.25) is 4.55 Å². The number of hydrogen-bond donors (Lipinski definition) is 2. The molecule has 0 saturated carbocycles. The van der Waals surface area contributed by atoms with E-state index >= 15 is 0 Å². The Hall–Kier alpha value is -0.690. The Morgan fingerprint density at radius 2 is 2.25 bits per heavy atom. The van der Waals surface area contributed by atoms with Gasteiger partial charge in [0.25, 0.3) is 0 Å². The van der Waals surface area contributed by atoms with Crippen molar-refractivity contribution in [2.75, 3.05) is 5.94 Å². The molecule has 0 aromatic rings. The van der Waals surface area contributed by atoms with Crippen molar-refractivity contribution in [3.63, 3.8) is 0 Å². The van der Waals surface area contributed by atoms with Crippen LogP contribution >= 0.6 is 0 Å². The molecular formula is CH4N2O4S. The SMILES string of the molecule is N=NOCS(=O)(=O)O. The van der Waals surface area contributed by atoms with Gasteiger partial charge in [0, 0.05) is 5.28 Å². The Labute approximate surface area is 45.7 Å². The van der Waals surface area contributed by atoms with Crippen LogP contribution in [-0.2, 0) is 15.0 Å². The Morgan fingerprint density at radius 1 is 1.75 bits per heavy atom. The molecule has 0 spiro atoms. The summed E-state index contributed by atoms with van der Waals surface area (Å²) in [5, 5.41) is 2.23. The molecule has 2 N–H and O–H groups in total. The molecule has 0 atom stereocenters. The summed E-state index contributed by atoms with van der Waals surface area (Å²) in [6.45, 7) is 0. The van der Waals surface area contributed by atoms with Crippen molar-refractivity contribution in [2.24, 2.45) is 5.28 Å². The highest BCUT2D eigenvalue weighted by atomic mass is 32.2. The van der Waals surface area contributed by atoms with Crippen molar-refractivity contribution >= 4 is 10.1 Å². The highest BCUT2D eigenvalue weighted by Crippen LogP contribution is 1.82. The van der Waals surface area contributed by atoms with E-state index in [0.717, 1.165) is 0 Å². The first kappa shape index (κ1) is 7.31. The van der Waals surface area contributed by atoms with Gasteiger partial charge in [-0.25, -0.2) is 0 Å². The third kappa shape index (κ3) is 5.31. The van der Waals surface area contributed by atoms with E-state index in [0.29, 0.717) is 0 Å². The maximum absolute atomic E-state index is 9.68. The quantitative estimate of drug-likeness (QED) is 0.322. The van der Waals surface area contributed by atoms with Gasteiger partial charge < -0.3 is 4.84 Å². The largest absolute Gasteiger partial charge is 0.361 e. The molecule has 0 unspecified atom stereocenters. The van der Waals surface area contributed by atoms with Crippen molar-refractivity contribution in [2.45, 2.75) is 0 Å². The fourth-order valence-electron chi connectivity index (χ4n) is 0.0930. The predicted molar refractivity (Wildman–Crippen MR) is 22.6 cm³/mol. The normalized spacial score (nSPS) is 10.6. The zero-order chi connectivity index (χ0) is 6.62. The van der Waals surface area contributed by atoms with Crippen LogP contribution in [0.25, 0.3) is 0 Å². The highest BCUT2D eigenvalue weighted by Gasteiger charge is 2.02. The Balaban J connectivity index is 3.57. The minimum atomic E-state index is -4.12. The molecule has 0 aliphatic carbocycles. The first-order valence-electron chi connectivity index (χ1n) is 1.50. The van der Waals surface area contributed by atoms with E-state index in [4.69, 9.17) is 10.1 Å². The summed E-state index contributed by atoms with van der Waals surface area (Å²) in [5.74, 6) is -0.962. The molecular weight excluding hydrogens is 136 g/mol. The summed E-state index contributed by atoms with van der Waals surface area (Å²) in [6.07, 6.45) is 0. The van der Waals surface area contributed by atoms with Gasteiger partial charge in [-0.05, 0) is 0 Å². The van der Waals surface area contributed by atoms with Crippen LogP contribution < -0.4 is 0 Å². The van der Waals surface area contributed by atoms with Gasteiger partial charge >= 0.3 is 10.1 Å². The first-order chi connectivity index (χ1) is 3.56. The third-order valence-corrected chi connectivity index (χ3v) is 0.669. The molecule has 0 amide bonds. The van der Waals surface area contributed by atoms with Crippen LogP contribution in [0.3, 0.4) is 0 Å². The van der Waals surface area contributed by atoms with Crippen molar-refractivity contribution in [3.8, 4) is 0 Å². The molecule has 0 fully saturated rings. The molecule has 7 heteroatoms. The van der Waals surface area contributed by atoms with Gasteiger partial charge in [0.1, 0.15) is 0 Å². The molecule has 0 bridgehead atoms. The predicted octanol–water partition coefficient (Wildman–Crippen LogP) is -0.206. The number of nitrogens with one attached hydrogen (secondary N) is 1. The topological polar surface area (TPSA) is 99.8 Å². The van der Waals surface area contributed by atoms with Crippen molar-refractivity contribution in [1.82, 2.24) is 0 Å². The molecule has 0 aliphatic rings. The zero-order valence-electron chi connectivity index (χ0n) is 3.73. The Kier molecular flexibility index (Phi) is 2.35. The second kappa shape index (κ2) is 2.58. The lowest BCUT2D eigenvalue weighted by molar-refractivity contribution is 0.152. The molecule has 0 aromatic heterocycles. The highest BCUT2D eigenvalue weighted by molar-refractivity contribution is 7.85. The van der Waals surface area contributed by atoms with Crippen molar-refractivity contribution in [3.05, 3.63) is 0 Å².